The first-order valence-electron chi connectivity index (χ1n) is 10.9. The summed E-state index contributed by atoms with van der Waals surface area (Å²) in [6.45, 7) is 7.67. The van der Waals surface area contributed by atoms with E-state index in [9.17, 15) is 4.79 Å². The van der Waals surface area contributed by atoms with Crippen LogP contribution >= 0.6 is 0 Å². The van der Waals surface area contributed by atoms with E-state index in [1.807, 2.05) is 39.0 Å². The summed E-state index contributed by atoms with van der Waals surface area (Å²) in [6, 6.07) is 5.57. The number of ether oxygens (including phenoxy) is 2. The molecule has 1 atom stereocenters. The van der Waals surface area contributed by atoms with Crippen LogP contribution in [0.15, 0.2) is 22.6 Å². The number of aromatic nitrogens is 2. The average molecular weight is 439 g/mol. The molecule has 1 aliphatic heterocycles. The monoisotopic (exact) mass is 438 g/mol. The number of methoxy groups -OCH3 is 2. The standard InChI is InChI=1S/C24H30N4O4/c1-14-15(2)32-24-21(14)22(26-16(3)27-24)28-10-6-7-17(13-28)23(29)25-12-18-11-19(30-4)8-9-20(18)31-5/h8-9,11,17H,6-7,10,12-13H2,1-5H3,(H,25,29)/t17-/m0/s1. The van der Waals surface area contributed by atoms with Crippen LogP contribution in [0.25, 0.3) is 11.1 Å². The number of hydrogen-bond donors (Lipinski definition) is 1. The van der Waals surface area contributed by atoms with Gasteiger partial charge in [0.2, 0.25) is 11.6 Å². The van der Waals surface area contributed by atoms with Crippen molar-refractivity contribution in [2.24, 2.45) is 5.92 Å². The Bertz CT molecular complexity index is 1140. The first-order chi connectivity index (χ1) is 15.4. The van der Waals surface area contributed by atoms with Gasteiger partial charge in [-0.1, -0.05) is 0 Å². The van der Waals surface area contributed by atoms with Gasteiger partial charge in [-0.25, -0.2) is 4.98 Å². The van der Waals surface area contributed by atoms with Crippen molar-refractivity contribution in [2.45, 2.75) is 40.2 Å². The van der Waals surface area contributed by atoms with Crippen molar-refractivity contribution in [2.75, 3.05) is 32.2 Å². The minimum atomic E-state index is -0.126. The van der Waals surface area contributed by atoms with Crippen molar-refractivity contribution in [1.29, 1.82) is 0 Å². The van der Waals surface area contributed by atoms with Crippen LogP contribution in [0.4, 0.5) is 5.82 Å². The van der Waals surface area contributed by atoms with E-state index >= 15 is 0 Å². The fraction of sp³-hybridized carbons (Fsp3) is 0.458. The van der Waals surface area contributed by atoms with Gasteiger partial charge in [-0.15, -0.1) is 0 Å². The second kappa shape index (κ2) is 9.06. The van der Waals surface area contributed by atoms with E-state index in [0.717, 1.165) is 59.0 Å². The summed E-state index contributed by atoms with van der Waals surface area (Å²) < 4.78 is 16.6. The van der Waals surface area contributed by atoms with Gasteiger partial charge in [0.25, 0.3) is 0 Å². The predicted octanol–water partition coefficient (Wildman–Crippen LogP) is 3.70. The third-order valence-electron chi connectivity index (χ3n) is 6.15. The average Bonchev–Trinajstić information content (AvgIpc) is 3.09. The molecule has 32 heavy (non-hydrogen) atoms. The largest absolute Gasteiger partial charge is 0.497 e. The van der Waals surface area contributed by atoms with E-state index in [1.165, 1.54) is 0 Å². The minimum Gasteiger partial charge on any atom is -0.497 e. The Morgan fingerprint density at radius 2 is 2.03 bits per heavy atom. The van der Waals surface area contributed by atoms with Gasteiger partial charge in [0, 0.05) is 30.8 Å². The summed E-state index contributed by atoms with van der Waals surface area (Å²) in [5.41, 5.74) is 2.54. The SMILES string of the molecule is COc1ccc(OC)c(CNC(=O)[C@H]2CCCN(c3nc(C)nc4oc(C)c(C)c34)C2)c1. The maximum absolute atomic E-state index is 13.0. The molecule has 2 aromatic heterocycles. The van der Waals surface area contributed by atoms with Crippen LogP contribution in [0.5, 0.6) is 11.5 Å². The molecule has 0 radical (unpaired) electrons. The van der Waals surface area contributed by atoms with Crippen LogP contribution in [0.1, 0.15) is 35.6 Å². The van der Waals surface area contributed by atoms with E-state index in [1.54, 1.807) is 14.2 Å². The van der Waals surface area contributed by atoms with E-state index in [4.69, 9.17) is 18.9 Å². The summed E-state index contributed by atoms with van der Waals surface area (Å²) in [6.07, 6.45) is 1.76. The Morgan fingerprint density at radius 3 is 2.78 bits per heavy atom. The zero-order chi connectivity index (χ0) is 22.8. The smallest absolute Gasteiger partial charge is 0.231 e. The molecule has 3 aromatic rings. The molecule has 0 unspecified atom stereocenters. The topological polar surface area (TPSA) is 89.7 Å². The molecule has 8 heteroatoms. The number of hydrogen-bond acceptors (Lipinski definition) is 7. The molecule has 170 valence electrons. The lowest BCUT2D eigenvalue weighted by Crippen LogP contribution is -2.43. The van der Waals surface area contributed by atoms with Gasteiger partial charge >= 0.3 is 0 Å². The van der Waals surface area contributed by atoms with Crippen LogP contribution in [-0.4, -0.2) is 43.2 Å². The Kier molecular flexibility index (Phi) is 6.21. The van der Waals surface area contributed by atoms with E-state index in [0.29, 0.717) is 24.6 Å². The summed E-state index contributed by atoms with van der Waals surface area (Å²) in [5, 5.41) is 4.02. The van der Waals surface area contributed by atoms with E-state index in [-0.39, 0.29) is 11.8 Å². The number of nitrogens with one attached hydrogen (secondary N) is 1. The molecule has 0 saturated carbocycles. The molecule has 1 aliphatic rings. The van der Waals surface area contributed by atoms with Crippen molar-refractivity contribution >= 4 is 22.8 Å². The fourth-order valence-electron chi connectivity index (χ4n) is 4.29. The first kappa shape index (κ1) is 21.9. The number of anilines is 1. The molecule has 1 saturated heterocycles. The third-order valence-corrected chi connectivity index (χ3v) is 6.15. The van der Waals surface area contributed by atoms with Crippen LogP contribution < -0.4 is 19.7 Å². The van der Waals surface area contributed by atoms with Gasteiger partial charge in [-0.3, -0.25) is 4.79 Å². The highest BCUT2D eigenvalue weighted by molar-refractivity contribution is 5.90. The van der Waals surface area contributed by atoms with E-state index < -0.39 is 0 Å². The van der Waals surface area contributed by atoms with Crippen LogP contribution in [0.3, 0.4) is 0 Å². The van der Waals surface area contributed by atoms with Crippen molar-refractivity contribution in [1.82, 2.24) is 15.3 Å². The van der Waals surface area contributed by atoms with Crippen molar-refractivity contribution in [3.8, 4) is 11.5 Å². The number of carbonyl (C=O) groups is 1. The lowest BCUT2D eigenvalue weighted by atomic mass is 9.96. The second-order valence-electron chi connectivity index (χ2n) is 8.24. The molecule has 1 N–H and O–H groups in total. The van der Waals surface area contributed by atoms with Crippen LogP contribution in [0.2, 0.25) is 0 Å². The summed E-state index contributed by atoms with van der Waals surface area (Å²) in [7, 11) is 3.24. The van der Waals surface area contributed by atoms with Crippen molar-refractivity contribution in [3.05, 3.63) is 40.9 Å². The number of rotatable bonds is 6. The molecule has 0 bridgehead atoms. The number of fused-ring (bicyclic) bond motifs is 1. The van der Waals surface area contributed by atoms with Gasteiger partial charge < -0.3 is 24.1 Å². The number of carbonyl (C=O) groups excluding carboxylic acids is 1. The van der Waals surface area contributed by atoms with Crippen LogP contribution in [-0.2, 0) is 11.3 Å². The highest BCUT2D eigenvalue weighted by Crippen LogP contribution is 2.33. The normalized spacial score (nSPS) is 16.3. The maximum atomic E-state index is 13.0. The van der Waals surface area contributed by atoms with Gasteiger partial charge in [-0.05, 0) is 51.8 Å². The zero-order valence-electron chi connectivity index (χ0n) is 19.3. The summed E-state index contributed by atoms with van der Waals surface area (Å²) >= 11 is 0. The number of benzene rings is 1. The second-order valence-corrected chi connectivity index (χ2v) is 8.24. The summed E-state index contributed by atoms with van der Waals surface area (Å²) in [4.78, 5) is 24.4. The highest BCUT2D eigenvalue weighted by atomic mass is 16.5. The molecule has 1 amide bonds. The van der Waals surface area contributed by atoms with E-state index in [2.05, 4.69) is 15.2 Å². The summed E-state index contributed by atoms with van der Waals surface area (Å²) in [5.74, 6) is 3.72. The maximum Gasteiger partial charge on any atom is 0.231 e. The van der Waals surface area contributed by atoms with Gasteiger partial charge in [0.15, 0.2) is 0 Å². The molecule has 0 aliphatic carbocycles. The highest BCUT2D eigenvalue weighted by Gasteiger charge is 2.29. The Balaban J connectivity index is 1.50. The predicted molar refractivity (Wildman–Crippen MR) is 122 cm³/mol. The number of piperidine rings is 1. The number of furan rings is 1. The van der Waals surface area contributed by atoms with Gasteiger partial charge in [-0.2, -0.15) is 4.98 Å². The van der Waals surface area contributed by atoms with Gasteiger partial charge in [0.1, 0.15) is 28.9 Å². The molecule has 8 nitrogen and oxygen atoms in total. The number of aryl methyl sites for hydroxylation is 3. The Labute approximate surface area is 187 Å². The molecular weight excluding hydrogens is 408 g/mol. The third kappa shape index (κ3) is 4.22. The molecule has 4 rings (SSSR count). The lowest BCUT2D eigenvalue weighted by molar-refractivity contribution is -0.125. The Hall–Kier alpha value is -3.29. The number of nitrogens with zero attached hydrogens (tertiary/aromatic N) is 3. The zero-order valence-corrected chi connectivity index (χ0v) is 19.3. The van der Waals surface area contributed by atoms with Crippen molar-refractivity contribution in [3.63, 3.8) is 0 Å². The van der Waals surface area contributed by atoms with Gasteiger partial charge in [0.05, 0.1) is 25.5 Å². The lowest BCUT2D eigenvalue weighted by Gasteiger charge is -2.33. The molecule has 1 fully saturated rings. The molecular formula is C24H30N4O4. The molecule has 0 spiro atoms. The molecule has 3 heterocycles. The Morgan fingerprint density at radius 1 is 1.22 bits per heavy atom. The molecule has 1 aromatic carbocycles. The number of amides is 1. The first-order valence-corrected chi connectivity index (χ1v) is 10.9. The quantitative estimate of drug-likeness (QED) is 0.628. The minimum absolute atomic E-state index is 0.0293. The fourth-order valence-corrected chi connectivity index (χ4v) is 4.29. The van der Waals surface area contributed by atoms with Crippen molar-refractivity contribution < 1.29 is 18.7 Å². The van der Waals surface area contributed by atoms with Crippen LogP contribution in [0, 0.1) is 26.7 Å².